The van der Waals surface area contributed by atoms with Gasteiger partial charge in [-0.3, -0.25) is 9.88 Å². The molecule has 4 rings (SSSR count). The molecular formula is C22H24N6O3. The van der Waals surface area contributed by atoms with E-state index in [9.17, 15) is 15.0 Å². The van der Waals surface area contributed by atoms with Crippen LogP contribution in [0.25, 0.3) is 28.0 Å². The number of fused-ring (bicyclic) bond motifs is 1. The Balaban J connectivity index is 2.02. The Hall–Kier alpha value is -4.01. The van der Waals surface area contributed by atoms with Gasteiger partial charge in [-0.1, -0.05) is 26.8 Å². The van der Waals surface area contributed by atoms with E-state index in [2.05, 4.69) is 34.3 Å². The average Bonchev–Trinajstić information content (AvgIpc) is 3.32. The van der Waals surface area contributed by atoms with Crippen LogP contribution in [0.2, 0.25) is 0 Å². The van der Waals surface area contributed by atoms with Crippen LogP contribution >= 0.6 is 0 Å². The average molecular weight is 420 g/mol. The number of nitrogens with one attached hydrogen (secondary N) is 2. The maximum Gasteiger partial charge on any atom is 0.319 e. The molecular weight excluding hydrogens is 396 g/mol. The van der Waals surface area contributed by atoms with Crippen molar-refractivity contribution < 1.29 is 15.0 Å². The van der Waals surface area contributed by atoms with Crippen LogP contribution in [0.5, 0.6) is 11.5 Å². The van der Waals surface area contributed by atoms with Gasteiger partial charge in [0.05, 0.1) is 11.3 Å². The number of phenolic OH excluding ortho intramolecular Hbond substituents is 2. The lowest BCUT2D eigenvalue weighted by Crippen LogP contribution is -2.22. The first-order valence-electron chi connectivity index (χ1n) is 9.99. The van der Waals surface area contributed by atoms with Gasteiger partial charge in [-0.15, -0.1) is 10.2 Å². The van der Waals surface area contributed by atoms with Gasteiger partial charge in [-0.2, -0.15) is 0 Å². The Bertz CT molecular complexity index is 1290. The minimum Gasteiger partial charge on any atom is -0.508 e. The van der Waals surface area contributed by atoms with Crippen LogP contribution in [0, 0.1) is 0 Å². The lowest BCUT2D eigenvalue weighted by atomic mass is 10.1. The zero-order valence-corrected chi connectivity index (χ0v) is 17.5. The molecule has 0 atom stereocenters. The van der Waals surface area contributed by atoms with E-state index >= 15 is 0 Å². The van der Waals surface area contributed by atoms with E-state index < -0.39 is 6.03 Å². The van der Waals surface area contributed by atoms with Gasteiger partial charge in [0.15, 0.2) is 5.82 Å². The van der Waals surface area contributed by atoms with Gasteiger partial charge < -0.3 is 20.9 Å². The highest BCUT2D eigenvalue weighted by atomic mass is 16.3. The second-order valence-electron chi connectivity index (χ2n) is 7.64. The summed E-state index contributed by atoms with van der Waals surface area (Å²) in [5.41, 5.74) is 9.04. The molecule has 6 N–H and O–H groups in total. The summed E-state index contributed by atoms with van der Waals surface area (Å²) >= 11 is 0. The number of aromatic nitrogens is 4. The van der Waals surface area contributed by atoms with E-state index in [-0.39, 0.29) is 23.4 Å². The maximum atomic E-state index is 11.6. The van der Waals surface area contributed by atoms with Crippen LogP contribution in [-0.4, -0.2) is 36.0 Å². The molecule has 9 nitrogen and oxygen atoms in total. The van der Waals surface area contributed by atoms with Gasteiger partial charge in [0.25, 0.3) is 0 Å². The first-order valence-corrected chi connectivity index (χ1v) is 9.99. The number of nitrogens with two attached hydrogens (primary N) is 1. The minimum atomic E-state index is -0.784. The number of phenols is 2. The molecule has 0 aliphatic carbocycles. The predicted octanol–water partition coefficient (Wildman–Crippen LogP) is 4.00. The van der Waals surface area contributed by atoms with Crippen molar-refractivity contribution in [1.82, 2.24) is 19.7 Å². The quantitative estimate of drug-likeness (QED) is 0.332. The second kappa shape index (κ2) is 7.67. The third kappa shape index (κ3) is 3.54. The molecule has 160 valence electrons. The Kier molecular flexibility index (Phi) is 5.02. The standard InChI is InChI=1S/C22H24N6O3/c1-4-12-8-14(19(30)10-18(12)29)20-26-27-22(25-21(23)31)28(20)17-7-5-6-15-13(17)9-16(24-15)11(2)3/h5-11,24,29-30H,4H2,1-3H3,(H3,23,25,27,31). The molecule has 4 aromatic rings. The summed E-state index contributed by atoms with van der Waals surface area (Å²) in [5.74, 6) is 0.554. The number of aryl methyl sites for hydroxylation is 1. The van der Waals surface area contributed by atoms with Crippen molar-refractivity contribution in [3.05, 3.63) is 47.7 Å². The van der Waals surface area contributed by atoms with Crippen molar-refractivity contribution >= 4 is 22.9 Å². The summed E-state index contributed by atoms with van der Waals surface area (Å²) < 4.78 is 1.64. The van der Waals surface area contributed by atoms with E-state index in [1.165, 1.54) is 6.07 Å². The van der Waals surface area contributed by atoms with Crippen molar-refractivity contribution in [2.24, 2.45) is 5.73 Å². The molecule has 2 heterocycles. The molecule has 0 fully saturated rings. The monoisotopic (exact) mass is 420 g/mol. The highest BCUT2D eigenvalue weighted by molar-refractivity contribution is 5.92. The maximum absolute atomic E-state index is 11.6. The summed E-state index contributed by atoms with van der Waals surface area (Å²) in [5, 5.41) is 32.4. The Morgan fingerprint density at radius 1 is 1.19 bits per heavy atom. The number of H-pyrrole nitrogens is 1. The van der Waals surface area contributed by atoms with Gasteiger partial charge in [0.2, 0.25) is 5.95 Å². The molecule has 2 aromatic heterocycles. The van der Waals surface area contributed by atoms with E-state index in [1.807, 2.05) is 31.2 Å². The molecule has 0 saturated carbocycles. The number of hydrogen-bond donors (Lipinski definition) is 5. The van der Waals surface area contributed by atoms with E-state index in [0.717, 1.165) is 16.6 Å². The van der Waals surface area contributed by atoms with Crippen LogP contribution in [-0.2, 0) is 6.42 Å². The van der Waals surface area contributed by atoms with Gasteiger partial charge >= 0.3 is 6.03 Å². The number of benzene rings is 2. The minimum absolute atomic E-state index is 0.000360. The number of nitrogens with zero attached hydrogens (tertiary/aromatic N) is 3. The molecule has 0 bridgehead atoms. The molecule has 31 heavy (non-hydrogen) atoms. The summed E-state index contributed by atoms with van der Waals surface area (Å²) in [4.78, 5) is 15.0. The molecule has 0 unspecified atom stereocenters. The van der Waals surface area contributed by atoms with Crippen molar-refractivity contribution in [3.8, 4) is 28.6 Å². The molecule has 0 aliphatic heterocycles. The number of primary amides is 1. The zero-order chi connectivity index (χ0) is 22.3. The first-order chi connectivity index (χ1) is 14.8. The summed E-state index contributed by atoms with van der Waals surface area (Å²) in [6.07, 6.45) is 0.560. The van der Waals surface area contributed by atoms with Crippen molar-refractivity contribution in [2.45, 2.75) is 33.1 Å². The summed E-state index contributed by atoms with van der Waals surface area (Å²) in [6.45, 7) is 6.08. The van der Waals surface area contributed by atoms with Gasteiger partial charge in [-0.25, -0.2) is 4.79 Å². The van der Waals surface area contributed by atoms with Gasteiger partial charge in [0.1, 0.15) is 11.5 Å². The number of anilines is 1. The first kappa shape index (κ1) is 20.3. The molecule has 0 radical (unpaired) electrons. The number of amides is 2. The molecule has 0 saturated heterocycles. The fraction of sp³-hybridized carbons (Fsp3) is 0.227. The van der Waals surface area contributed by atoms with Crippen molar-refractivity contribution in [1.29, 1.82) is 0 Å². The third-order valence-electron chi connectivity index (χ3n) is 5.24. The SMILES string of the molecule is CCc1cc(-c2nnc(NC(N)=O)n2-c2cccc3[nH]c(C(C)C)cc23)c(O)cc1O. The largest absolute Gasteiger partial charge is 0.508 e. The number of hydrogen-bond acceptors (Lipinski definition) is 5. The number of urea groups is 1. The van der Waals surface area contributed by atoms with E-state index in [0.29, 0.717) is 29.1 Å². The summed E-state index contributed by atoms with van der Waals surface area (Å²) in [7, 11) is 0. The number of aromatic hydroxyl groups is 2. The van der Waals surface area contributed by atoms with Crippen LogP contribution in [0.15, 0.2) is 36.4 Å². The Labute approximate surface area is 178 Å². The fourth-order valence-corrected chi connectivity index (χ4v) is 3.63. The number of carbonyl (C=O) groups excluding carboxylic acids is 1. The summed E-state index contributed by atoms with van der Waals surface area (Å²) in [6, 6.07) is 9.91. The van der Waals surface area contributed by atoms with Crippen molar-refractivity contribution in [2.75, 3.05) is 5.32 Å². The zero-order valence-electron chi connectivity index (χ0n) is 17.5. The molecule has 2 aromatic carbocycles. The fourth-order valence-electron chi connectivity index (χ4n) is 3.63. The second-order valence-corrected chi connectivity index (χ2v) is 7.64. The third-order valence-corrected chi connectivity index (χ3v) is 5.24. The molecule has 9 heteroatoms. The number of carbonyl (C=O) groups is 1. The Morgan fingerprint density at radius 3 is 2.65 bits per heavy atom. The number of rotatable bonds is 5. The predicted molar refractivity (Wildman–Crippen MR) is 119 cm³/mol. The topological polar surface area (TPSA) is 142 Å². The Morgan fingerprint density at radius 2 is 1.97 bits per heavy atom. The molecule has 0 aliphatic rings. The number of aromatic amines is 1. The lowest BCUT2D eigenvalue weighted by Gasteiger charge is -2.13. The lowest BCUT2D eigenvalue weighted by molar-refractivity contribution is 0.259. The van der Waals surface area contributed by atoms with Crippen molar-refractivity contribution in [3.63, 3.8) is 0 Å². The highest BCUT2D eigenvalue weighted by Crippen LogP contribution is 2.38. The molecule has 2 amide bonds. The molecule has 0 spiro atoms. The highest BCUT2D eigenvalue weighted by Gasteiger charge is 2.22. The van der Waals surface area contributed by atoms with Crippen LogP contribution in [0.3, 0.4) is 0 Å². The van der Waals surface area contributed by atoms with Gasteiger partial charge in [-0.05, 0) is 42.2 Å². The van der Waals surface area contributed by atoms with Crippen LogP contribution < -0.4 is 11.1 Å². The van der Waals surface area contributed by atoms with Gasteiger partial charge in [0, 0.05) is 22.7 Å². The van der Waals surface area contributed by atoms with E-state index in [4.69, 9.17) is 5.73 Å². The normalized spacial score (nSPS) is 11.4. The van der Waals surface area contributed by atoms with Crippen LogP contribution in [0.1, 0.15) is 37.9 Å². The van der Waals surface area contributed by atoms with E-state index in [1.54, 1.807) is 10.6 Å². The smallest absolute Gasteiger partial charge is 0.319 e. The van der Waals surface area contributed by atoms with Crippen LogP contribution in [0.4, 0.5) is 10.7 Å².